The third-order valence-corrected chi connectivity index (χ3v) is 2.34. The summed E-state index contributed by atoms with van der Waals surface area (Å²) in [7, 11) is 1.97. The molecule has 0 aliphatic carbocycles. The van der Waals surface area contributed by atoms with Gasteiger partial charge >= 0.3 is 5.97 Å². The molecule has 84 valence electrons. The lowest BCUT2D eigenvalue weighted by atomic mass is 10.2. The Balaban J connectivity index is 2.73. The number of primary amides is 1. The number of carbonyl (C=O) groups is 2. The van der Waals surface area contributed by atoms with Crippen LogP contribution in [0.4, 0.5) is 0 Å². The Labute approximate surface area is 87.9 Å². The molecule has 0 bridgehead atoms. The minimum absolute atomic E-state index is 0.0180. The van der Waals surface area contributed by atoms with Crippen LogP contribution >= 0.6 is 0 Å². The number of hydrogen-bond acceptors (Lipinski definition) is 4. The summed E-state index contributed by atoms with van der Waals surface area (Å²) in [5.41, 5.74) is 4.93. The molecule has 1 aliphatic heterocycles. The monoisotopic (exact) mass is 213 g/mol. The molecule has 15 heavy (non-hydrogen) atoms. The zero-order valence-electron chi connectivity index (χ0n) is 8.64. The van der Waals surface area contributed by atoms with Crippen LogP contribution in [0.3, 0.4) is 0 Å². The van der Waals surface area contributed by atoms with E-state index in [2.05, 4.69) is 4.90 Å². The molecule has 0 spiro atoms. The van der Waals surface area contributed by atoms with Crippen LogP contribution in [0.25, 0.3) is 0 Å². The van der Waals surface area contributed by atoms with Crippen LogP contribution in [0, 0.1) is 0 Å². The molecule has 6 heteroatoms. The van der Waals surface area contributed by atoms with Gasteiger partial charge in [-0.05, 0) is 7.05 Å². The van der Waals surface area contributed by atoms with E-state index in [1.807, 2.05) is 7.05 Å². The first-order chi connectivity index (χ1) is 7.00. The van der Waals surface area contributed by atoms with Crippen molar-refractivity contribution < 1.29 is 14.7 Å². The van der Waals surface area contributed by atoms with Crippen LogP contribution in [0.5, 0.6) is 0 Å². The summed E-state index contributed by atoms with van der Waals surface area (Å²) in [6.07, 6.45) is 0.966. The van der Waals surface area contributed by atoms with Gasteiger partial charge in [0.15, 0.2) is 0 Å². The van der Waals surface area contributed by atoms with Crippen molar-refractivity contribution in [3.63, 3.8) is 0 Å². The maximum absolute atomic E-state index is 10.9. The number of hydrogen-bond donors (Lipinski definition) is 2. The third-order valence-electron chi connectivity index (χ3n) is 2.34. The molecule has 0 radical (unpaired) electrons. The SMILES string of the molecule is CN1CCN(C(=CC(N)=O)C(=O)O)CC1. The number of aliphatic carboxylic acids is 1. The van der Waals surface area contributed by atoms with E-state index in [0.29, 0.717) is 13.1 Å². The molecule has 1 fully saturated rings. The number of carboxylic acids is 1. The van der Waals surface area contributed by atoms with Crippen LogP contribution in [0.15, 0.2) is 11.8 Å². The lowest BCUT2D eigenvalue weighted by Gasteiger charge is -2.33. The average Bonchev–Trinajstić information content (AvgIpc) is 2.15. The minimum atomic E-state index is -1.11. The number of nitrogens with zero attached hydrogens (tertiary/aromatic N) is 2. The van der Waals surface area contributed by atoms with Crippen molar-refractivity contribution in [1.82, 2.24) is 9.80 Å². The van der Waals surface area contributed by atoms with Gasteiger partial charge in [0.1, 0.15) is 5.70 Å². The highest BCUT2D eigenvalue weighted by molar-refractivity contribution is 5.96. The van der Waals surface area contributed by atoms with E-state index in [0.717, 1.165) is 19.2 Å². The summed E-state index contributed by atoms with van der Waals surface area (Å²) in [6, 6.07) is 0. The maximum atomic E-state index is 10.9. The number of rotatable bonds is 3. The molecule has 1 rings (SSSR count). The van der Waals surface area contributed by atoms with Crippen molar-refractivity contribution in [2.45, 2.75) is 0 Å². The molecule has 1 heterocycles. The zero-order valence-corrected chi connectivity index (χ0v) is 8.64. The highest BCUT2D eigenvalue weighted by atomic mass is 16.4. The van der Waals surface area contributed by atoms with Gasteiger partial charge in [-0.3, -0.25) is 4.79 Å². The number of nitrogens with two attached hydrogens (primary N) is 1. The lowest BCUT2D eigenvalue weighted by Crippen LogP contribution is -2.45. The van der Waals surface area contributed by atoms with E-state index in [-0.39, 0.29) is 5.70 Å². The van der Waals surface area contributed by atoms with Crippen molar-refractivity contribution in [3.8, 4) is 0 Å². The van der Waals surface area contributed by atoms with Crippen molar-refractivity contribution in [3.05, 3.63) is 11.8 Å². The highest BCUT2D eigenvalue weighted by Gasteiger charge is 2.21. The summed E-state index contributed by atoms with van der Waals surface area (Å²) in [5, 5.41) is 8.91. The number of carboxylic acid groups (broad SMARTS) is 1. The largest absolute Gasteiger partial charge is 0.477 e. The summed E-state index contributed by atoms with van der Waals surface area (Å²) in [6.45, 7) is 2.76. The fourth-order valence-electron chi connectivity index (χ4n) is 1.47. The second kappa shape index (κ2) is 4.79. The molecule has 0 aromatic heterocycles. The van der Waals surface area contributed by atoms with Gasteiger partial charge in [-0.25, -0.2) is 4.79 Å². The lowest BCUT2D eigenvalue weighted by molar-refractivity contribution is -0.135. The molecule has 0 unspecified atom stereocenters. The van der Waals surface area contributed by atoms with Crippen LogP contribution in [0.2, 0.25) is 0 Å². The normalized spacial score (nSPS) is 19.0. The first-order valence-electron chi connectivity index (χ1n) is 4.68. The van der Waals surface area contributed by atoms with Crippen molar-refractivity contribution in [1.29, 1.82) is 0 Å². The number of piperazine rings is 1. The van der Waals surface area contributed by atoms with Gasteiger partial charge in [-0.1, -0.05) is 0 Å². The predicted molar refractivity (Wildman–Crippen MR) is 54.0 cm³/mol. The highest BCUT2D eigenvalue weighted by Crippen LogP contribution is 2.08. The molecular formula is C9H15N3O3. The van der Waals surface area contributed by atoms with Gasteiger partial charge in [-0.15, -0.1) is 0 Å². The standard InChI is InChI=1S/C9H15N3O3/c1-11-2-4-12(5-3-11)7(9(14)15)6-8(10)13/h6H,2-5H2,1H3,(H2,10,13)(H,14,15). The smallest absolute Gasteiger partial charge is 0.352 e. The summed E-state index contributed by atoms with van der Waals surface area (Å²) in [4.78, 5) is 25.3. The van der Waals surface area contributed by atoms with Crippen molar-refractivity contribution in [2.24, 2.45) is 5.73 Å². The van der Waals surface area contributed by atoms with Crippen molar-refractivity contribution in [2.75, 3.05) is 33.2 Å². The summed E-state index contributed by atoms with van der Waals surface area (Å²) < 4.78 is 0. The Morgan fingerprint density at radius 3 is 2.20 bits per heavy atom. The Hall–Kier alpha value is -1.56. The van der Waals surface area contributed by atoms with Crippen LogP contribution < -0.4 is 5.73 Å². The minimum Gasteiger partial charge on any atom is -0.477 e. The predicted octanol–water partition coefficient (Wildman–Crippen LogP) is -1.31. The van der Waals surface area contributed by atoms with E-state index in [1.54, 1.807) is 4.90 Å². The maximum Gasteiger partial charge on any atom is 0.352 e. The van der Waals surface area contributed by atoms with E-state index in [9.17, 15) is 9.59 Å². The first-order valence-corrected chi connectivity index (χ1v) is 4.68. The van der Waals surface area contributed by atoms with E-state index < -0.39 is 11.9 Å². The van der Waals surface area contributed by atoms with Gasteiger partial charge < -0.3 is 20.6 Å². The fraction of sp³-hybridized carbons (Fsp3) is 0.556. The topological polar surface area (TPSA) is 86.9 Å². The average molecular weight is 213 g/mol. The summed E-state index contributed by atoms with van der Waals surface area (Å²) >= 11 is 0. The summed E-state index contributed by atoms with van der Waals surface area (Å²) in [5.74, 6) is -1.84. The Morgan fingerprint density at radius 2 is 1.80 bits per heavy atom. The van der Waals surface area contributed by atoms with Crippen molar-refractivity contribution >= 4 is 11.9 Å². The van der Waals surface area contributed by atoms with Gasteiger partial charge in [-0.2, -0.15) is 0 Å². The van der Waals surface area contributed by atoms with Crippen LogP contribution in [-0.4, -0.2) is 60.0 Å². The molecule has 0 atom stereocenters. The van der Waals surface area contributed by atoms with E-state index >= 15 is 0 Å². The first kappa shape index (κ1) is 11.5. The molecule has 1 amide bonds. The fourth-order valence-corrected chi connectivity index (χ4v) is 1.47. The Bertz CT molecular complexity index is 293. The molecule has 1 aliphatic rings. The van der Waals surface area contributed by atoms with Crippen LogP contribution in [-0.2, 0) is 9.59 Å². The van der Waals surface area contributed by atoms with E-state index in [1.165, 1.54) is 0 Å². The molecule has 6 nitrogen and oxygen atoms in total. The van der Waals surface area contributed by atoms with Gasteiger partial charge in [0.05, 0.1) is 0 Å². The second-order valence-electron chi connectivity index (χ2n) is 3.53. The molecule has 3 N–H and O–H groups in total. The second-order valence-corrected chi connectivity index (χ2v) is 3.53. The number of amides is 1. The zero-order chi connectivity index (χ0) is 11.4. The van der Waals surface area contributed by atoms with Gasteiger partial charge in [0.25, 0.3) is 0 Å². The Morgan fingerprint density at radius 1 is 1.27 bits per heavy atom. The molecule has 0 saturated carbocycles. The van der Waals surface area contributed by atoms with Gasteiger partial charge in [0.2, 0.25) is 5.91 Å². The van der Waals surface area contributed by atoms with Gasteiger partial charge in [0, 0.05) is 32.3 Å². The Kier molecular flexibility index (Phi) is 3.68. The van der Waals surface area contributed by atoms with E-state index in [4.69, 9.17) is 10.8 Å². The molecular weight excluding hydrogens is 198 g/mol. The molecule has 0 aromatic rings. The molecule has 1 saturated heterocycles. The molecule has 0 aromatic carbocycles. The van der Waals surface area contributed by atoms with Crippen LogP contribution in [0.1, 0.15) is 0 Å². The third kappa shape index (κ3) is 3.25. The number of likely N-dealkylation sites (N-methyl/N-ethyl adjacent to an activating group) is 1. The number of carbonyl (C=O) groups excluding carboxylic acids is 1. The quantitative estimate of drug-likeness (QED) is 0.568.